The van der Waals surface area contributed by atoms with Crippen molar-refractivity contribution in [3.63, 3.8) is 0 Å². The second-order valence-corrected chi connectivity index (χ2v) is 3.19. The van der Waals surface area contributed by atoms with Crippen LogP contribution in [-0.2, 0) is 5.54 Å². The van der Waals surface area contributed by atoms with E-state index in [0.29, 0.717) is 5.82 Å². The molecular weight excluding hydrogens is 142 g/mol. The van der Waals surface area contributed by atoms with Crippen molar-refractivity contribution >= 4 is 0 Å². The third-order valence-corrected chi connectivity index (χ3v) is 2.01. The van der Waals surface area contributed by atoms with Gasteiger partial charge in [-0.3, -0.25) is 4.90 Å². The number of nitrogens with zero attached hydrogens (tertiary/aromatic N) is 4. The Morgan fingerprint density at radius 2 is 2.00 bits per heavy atom. The number of hydrogen-bond acceptors (Lipinski definition) is 4. The minimum Gasteiger partial charge on any atom is -0.297 e. The van der Waals surface area contributed by atoms with E-state index in [4.69, 9.17) is 0 Å². The first-order valence-electron chi connectivity index (χ1n) is 3.46. The highest BCUT2D eigenvalue weighted by molar-refractivity contribution is 4.96. The third-order valence-electron chi connectivity index (χ3n) is 2.01. The Hall–Kier alpha value is -0.970. The van der Waals surface area contributed by atoms with E-state index in [9.17, 15) is 0 Å². The fourth-order valence-electron chi connectivity index (χ4n) is 0.621. The molecule has 5 heteroatoms. The van der Waals surface area contributed by atoms with Gasteiger partial charge in [-0.2, -0.15) is 5.21 Å². The smallest absolute Gasteiger partial charge is 0.194 e. The minimum atomic E-state index is -0.160. The van der Waals surface area contributed by atoms with Crippen LogP contribution in [-0.4, -0.2) is 39.6 Å². The van der Waals surface area contributed by atoms with Crippen molar-refractivity contribution in [3.8, 4) is 0 Å². The lowest BCUT2D eigenvalue weighted by Crippen LogP contribution is -2.36. The van der Waals surface area contributed by atoms with Crippen LogP contribution in [0.25, 0.3) is 0 Å². The molecule has 0 atom stereocenters. The van der Waals surface area contributed by atoms with Gasteiger partial charge in [0.1, 0.15) is 0 Å². The lowest BCUT2D eigenvalue weighted by atomic mass is 10.0. The zero-order valence-electron chi connectivity index (χ0n) is 7.29. The highest BCUT2D eigenvalue weighted by Crippen LogP contribution is 2.19. The topological polar surface area (TPSA) is 57.7 Å². The molecule has 1 aromatic rings. The molecule has 1 N–H and O–H groups in total. The van der Waals surface area contributed by atoms with E-state index in [2.05, 4.69) is 20.6 Å². The van der Waals surface area contributed by atoms with E-state index < -0.39 is 0 Å². The molecule has 1 rings (SSSR count). The van der Waals surface area contributed by atoms with Gasteiger partial charge in [0.05, 0.1) is 5.54 Å². The zero-order chi connectivity index (χ0) is 8.48. The van der Waals surface area contributed by atoms with E-state index in [1.807, 2.05) is 32.8 Å². The first-order valence-corrected chi connectivity index (χ1v) is 3.46. The predicted octanol–water partition coefficient (Wildman–Crippen LogP) is -0.00360. The van der Waals surface area contributed by atoms with Crippen LogP contribution >= 0.6 is 0 Å². The first-order chi connectivity index (χ1) is 5.05. The number of rotatable bonds is 2. The standard InChI is InChI=1S/C6H13N5/c1-6(2,11(3)4)5-7-9-10-8-5/h1-4H3,(H,7,8,9,10). The fraction of sp³-hybridized carbons (Fsp3) is 0.833. The molecule has 0 amide bonds. The molecule has 0 fully saturated rings. The highest BCUT2D eigenvalue weighted by atomic mass is 15.5. The highest BCUT2D eigenvalue weighted by Gasteiger charge is 2.27. The van der Waals surface area contributed by atoms with E-state index in [-0.39, 0.29) is 5.54 Å². The summed E-state index contributed by atoms with van der Waals surface area (Å²) in [5, 5.41) is 13.8. The number of nitrogens with one attached hydrogen (secondary N) is 1. The Morgan fingerprint density at radius 1 is 1.36 bits per heavy atom. The van der Waals surface area contributed by atoms with Crippen molar-refractivity contribution < 1.29 is 0 Å². The van der Waals surface area contributed by atoms with Gasteiger partial charge in [0.15, 0.2) is 5.82 Å². The van der Waals surface area contributed by atoms with Crippen molar-refractivity contribution in [2.45, 2.75) is 19.4 Å². The molecule has 5 nitrogen and oxygen atoms in total. The van der Waals surface area contributed by atoms with Crippen LogP contribution in [0.5, 0.6) is 0 Å². The van der Waals surface area contributed by atoms with Crippen molar-refractivity contribution in [1.29, 1.82) is 0 Å². The molecular formula is C6H13N5. The molecule has 0 unspecified atom stereocenters. The van der Waals surface area contributed by atoms with Crippen molar-refractivity contribution in [2.75, 3.05) is 14.1 Å². The van der Waals surface area contributed by atoms with E-state index in [0.717, 1.165) is 0 Å². The van der Waals surface area contributed by atoms with Crippen LogP contribution in [0.1, 0.15) is 19.7 Å². The first kappa shape index (κ1) is 8.13. The maximum absolute atomic E-state index is 3.92. The molecule has 0 saturated carbocycles. The molecule has 0 aliphatic rings. The van der Waals surface area contributed by atoms with Gasteiger partial charge in [-0.05, 0) is 27.9 Å². The van der Waals surface area contributed by atoms with Gasteiger partial charge < -0.3 is 0 Å². The molecule has 1 aromatic heterocycles. The maximum Gasteiger partial charge on any atom is 0.194 e. The van der Waals surface area contributed by atoms with Gasteiger partial charge >= 0.3 is 0 Å². The minimum absolute atomic E-state index is 0.160. The lowest BCUT2D eigenvalue weighted by molar-refractivity contribution is 0.185. The van der Waals surface area contributed by atoms with E-state index in [1.165, 1.54) is 0 Å². The average Bonchev–Trinajstić information content (AvgIpc) is 2.37. The Bertz CT molecular complexity index is 213. The number of aromatic nitrogens is 4. The molecule has 11 heavy (non-hydrogen) atoms. The van der Waals surface area contributed by atoms with Gasteiger partial charge in [-0.15, -0.1) is 10.2 Å². The van der Waals surface area contributed by atoms with Crippen LogP contribution in [0, 0.1) is 0 Å². The summed E-state index contributed by atoms with van der Waals surface area (Å²) < 4.78 is 0. The average molecular weight is 155 g/mol. The summed E-state index contributed by atoms with van der Waals surface area (Å²) in [4.78, 5) is 2.04. The Kier molecular flexibility index (Phi) is 1.90. The molecule has 0 bridgehead atoms. The predicted molar refractivity (Wildman–Crippen MR) is 40.9 cm³/mol. The normalized spacial score (nSPS) is 12.5. The molecule has 0 aromatic carbocycles. The second-order valence-electron chi connectivity index (χ2n) is 3.19. The number of H-pyrrole nitrogens is 1. The zero-order valence-corrected chi connectivity index (χ0v) is 7.29. The lowest BCUT2D eigenvalue weighted by Gasteiger charge is -2.28. The molecule has 62 valence electrons. The van der Waals surface area contributed by atoms with Crippen molar-refractivity contribution in [1.82, 2.24) is 25.5 Å². The molecule has 0 saturated heterocycles. The number of tetrazole rings is 1. The Labute approximate surface area is 65.8 Å². The fourth-order valence-corrected chi connectivity index (χ4v) is 0.621. The monoisotopic (exact) mass is 155 g/mol. The SMILES string of the molecule is CN(C)C(C)(C)c1nn[nH]n1. The quantitative estimate of drug-likeness (QED) is 0.653. The van der Waals surface area contributed by atoms with Gasteiger partial charge in [-0.1, -0.05) is 5.21 Å². The van der Waals surface area contributed by atoms with Crippen LogP contribution < -0.4 is 0 Å². The number of aromatic amines is 1. The van der Waals surface area contributed by atoms with Gasteiger partial charge in [0.25, 0.3) is 0 Å². The summed E-state index contributed by atoms with van der Waals surface area (Å²) in [6.45, 7) is 4.08. The Morgan fingerprint density at radius 3 is 2.36 bits per heavy atom. The van der Waals surface area contributed by atoms with Crippen LogP contribution in [0.3, 0.4) is 0 Å². The summed E-state index contributed by atoms with van der Waals surface area (Å²) in [6.07, 6.45) is 0. The third kappa shape index (κ3) is 1.37. The van der Waals surface area contributed by atoms with Crippen LogP contribution in [0.2, 0.25) is 0 Å². The van der Waals surface area contributed by atoms with Crippen LogP contribution in [0.4, 0.5) is 0 Å². The van der Waals surface area contributed by atoms with E-state index in [1.54, 1.807) is 0 Å². The maximum atomic E-state index is 3.92. The summed E-state index contributed by atoms with van der Waals surface area (Å²) in [6, 6.07) is 0. The molecule has 0 aliphatic heterocycles. The molecule has 0 aliphatic carbocycles. The molecule has 0 radical (unpaired) electrons. The Balaban J connectivity index is 2.90. The van der Waals surface area contributed by atoms with Crippen molar-refractivity contribution in [3.05, 3.63) is 5.82 Å². The summed E-state index contributed by atoms with van der Waals surface area (Å²) in [5.74, 6) is 0.711. The summed E-state index contributed by atoms with van der Waals surface area (Å²) >= 11 is 0. The summed E-state index contributed by atoms with van der Waals surface area (Å²) in [7, 11) is 3.96. The summed E-state index contributed by atoms with van der Waals surface area (Å²) in [5.41, 5.74) is -0.160. The number of hydrogen-bond donors (Lipinski definition) is 1. The van der Waals surface area contributed by atoms with Gasteiger partial charge in [0.2, 0.25) is 0 Å². The largest absolute Gasteiger partial charge is 0.297 e. The van der Waals surface area contributed by atoms with E-state index >= 15 is 0 Å². The second kappa shape index (κ2) is 2.58. The van der Waals surface area contributed by atoms with Crippen LogP contribution in [0.15, 0.2) is 0 Å². The van der Waals surface area contributed by atoms with Gasteiger partial charge in [-0.25, -0.2) is 0 Å². The van der Waals surface area contributed by atoms with Crippen molar-refractivity contribution in [2.24, 2.45) is 0 Å². The van der Waals surface area contributed by atoms with Gasteiger partial charge in [0, 0.05) is 0 Å². The molecule has 0 spiro atoms. The molecule has 1 heterocycles.